The maximum absolute atomic E-state index is 12.4. The molecule has 0 aliphatic rings. The minimum atomic E-state index is -0.0289. The standard InChI is InChI=1S/C23H22N4O2S2/c1-29-19-11-9-17(10-12-19)13-14-24-21(28)16-31-23-26-25-22(20-8-5-15-30-20)27(23)18-6-3-2-4-7-18/h2-12,15H,13-14,16H2,1H3,(H,24,28). The maximum Gasteiger partial charge on any atom is 0.230 e. The van der Waals surface area contributed by atoms with Gasteiger partial charge in [-0.1, -0.05) is 48.2 Å². The van der Waals surface area contributed by atoms with Gasteiger partial charge in [-0.25, -0.2) is 0 Å². The van der Waals surface area contributed by atoms with Gasteiger partial charge in [0.05, 0.1) is 17.7 Å². The predicted octanol–water partition coefficient (Wildman–Crippen LogP) is 4.46. The molecule has 158 valence electrons. The Morgan fingerprint density at radius 1 is 1.06 bits per heavy atom. The van der Waals surface area contributed by atoms with Crippen LogP contribution in [0.3, 0.4) is 0 Å². The molecule has 0 saturated carbocycles. The van der Waals surface area contributed by atoms with Crippen LogP contribution in [0.25, 0.3) is 16.4 Å². The molecule has 6 nitrogen and oxygen atoms in total. The molecule has 0 atom stereocenters. The summed E-state index contributed by atoms with van der Waals surface area (Å²) >= 11 is 3.00. The lowest BCUT2D eigenvalue weighted by Gasteiger charge is -2.09. The molecule has 2 aromatic carbocycles. The minimum Gasteiger partial charge on any atom is -0.497 e. The summed E-state index contributed by atoms with van der Waals surface area (Å²) in [5, 5.41) is 14.4. The Bertz CT molecular complexity index is 1110. The summed E-state index contributed by atoms with van der Waals surface area (Å²) in [4.78, 5) is 13.4. The van der Waals surface area contributed by atoms with Crippen molar-refractivity contribution in [1.82, 2.24) is 20.1 Å². The number of hydrogen-bond donors (Lipinski definition) is 1. The van der Waals surface area contributed by atoms with Gasteiger partial charge in [-0.15, -0.1) is 21.5 Å². The van der Waals surface area contributed by atoms with Gasteiger partial charge in [0.25, 0.3) is 0 Å². The Hall–Kier alpha value is -3.10. The van der Waals surface area contributed by atoms with Gasteiger partial charge in [0, 0.05) is 12.2 Å². The Labute approximate surface area is 189 Å². The molecule has 4 aromatic rings. The number of carbonyl (C=O) groups excluding carboxylic acids is 1. The molecule has 0 spiro atoms. The van der Waals surface area contributed by atoms with Crippen LogP contribution >= 0.6 is 23.1 Å². The van der Waals surface area contributed by atoms with Crippen molar-refractivity contribution in [2.45, 2.75) is 11.6 Å². The number of rotatable bonds is 9. The molecule has 0 aliphatic carbocycles. The third kappa shape index (κ3) is 5.34. The van der Waals surface area contributed by atoms with Crippen LogP contribution in [0.4, 0.5) is 0 Å². The average molecular weight is 451 g/mol. The number of methoxy groups -OCH3 is 1. The van der Waals surface area contributed by atoms with Gasteiger partial charge in [-0.3, -0.25) is 9.36 Å². The number of benzene rings is 2. The van der Waals surface area contributed by atoms with E-state index in [9.17, 15) is 4.79 Å². The fraction of sp³-hybridized carbons (Fsp3) is 0.174. The van der Waals surface area contributed by atoms with Crippen molar-refractivity contribution >= 4 is 29.0 Å². The normalized spacial score (nSPS) is 10.7. The van der Waals surface area contributed by atoms with Crippen molar-refractivity contribution in [2.75, 3.05) is 19.4 Å². The third-order valence-corrected chi connectivity index (χ3v) is 6.41. The SMILES string of the molecule is COc1ccc(CCNC(=O)CSc2nnc(-c3cccs3)n2-c2ccccc2)cc1. The number of nitrogens with one attached hydrogen (secondary N) is 1. The number of amides is 1. The van der Waals surface area contributed by atoms with Crippen molar-refractivity contribution in [3.8, 4) is 22.1 Å². The number of nitrogens with zero attached hydrogens (tertiary/aromatic N) is 3. The quantitative estimate of drug-likeness (QED) is 0.382. The lowest BCUT2D eigenvalue weighted by Crippen LogP contribution is -2.27. The third-order valence-electron chi connectivity index (χ3n) is 4.62. The zero-order valence-corrected chi connectivity index (χ0v) is 18.7. The molecule has 0 bridgehead atoms. The molecule has 31 heavy (non-hydrogen) atoms. The van der Waals surface area contributed by atoms with Gasteiger partial charge in [-0.2, -0.15) is 0 Å². The van der Waals surface area contributed by atoms with Gasteiger partial charge < -0.3 is 10.1 Å². The van der Waals surface area contributed by atoms with Crippen LogP contribution < -0.4 is 10.1 Å². The molecule has 0 saturated heterocycles. The van der Waals surface area contributed by atoms with E-state index in [1.165, 1.54) is 11.8 Å². The Balaban J connectivity index is 1.38. The van der Waals surface area contributed by atoms with Crippen LogP contribution in [0.2, 0.25) is 0 Å². The number of carbonyl (C=O) groups is 1. The highest BCUT2D eigenvalue weighted by atomic mass is 32.2. The number of hydrogen-bond acceptors (Lipinski definition) is 6. The van der Waals surface area contributed by atoms with Gasteiger partial charge in [0.2, 0.25) is 5.91 Å². The number of para-hydroxylation sites is 1. The van der Waals surface area contributed by atoms with Crippen LogP contribution in [-0.4, -0.2) is 40.1 Å². The smallest absolute Gasteiger partial charge is 0.230 e. The predicted molar refractivity (Wildman–Crippen MR) is 125 cm³/mol. The van der Waals surface area contributed by atoms with Crippen molar-refractivity contribution in [3.63, 3.8) is 0 Å². The van der Waals surface area contributed by atoms with E-state index < -0.39 is 0 Å². The Kier molecular flexibility index (Phi) is 7.01. The first-order chi connectivity index (χ1) is 15.2. The Morgan fingerprint density at radius 2 is 1.87 bits per heavy atom. The van der Waals surface area contributed by atoms with E-state index in [0.29, 0.717) is 11.7 Å². The van der Waals surface area contributed by atoms with E-state index in [1.54, 1.807) is 18.4 Å². The first kappa shape index (κ1) is 21.1. The molecule has 1 N–H and O–H groups in total. The summed E-state index contributed by atoms with van der Waals surface area (Å²) in [5.74, 6) is 1.86. The zero-order chi connectivity index (χ0) is 21.5. The fourth-order valence-corrected chi connectivity index (χ4v) is 4.54. The number of aromatic nitrogens is 3. The highest BCUT2D eigenvalue weighted by Crippen LogP contribution is 2.30. The van der Waals surface area contributed by atoms with Crippen LogP contribution in [0.1, 0.15) is 5.56 Å². The molecule has 0 fully saturated rings. The van der Waals surface area contributed by atoms with Gasteiger partial charge in [0.1, 0.15) is 5.75 Å². The molecule has 0 unspecified atom stereocenters. The van der Waals surface area contributed by atoms with Gasteiger partial charge in [-0.05, 0) is 47.7 Å². The van der Waals surface area contributed by atoms with Crippen LogP contribution in [0.5, 0.6) is 5.75 Å². The molecule has 8 heteroatoms. The molecule has 2 heterocycles. The van der Waals surface area contributed by atoms with Gasteiger partial charge in [0.15, 0.2) is 11.0 Å². The molecule has 2 aromatic heterocycles. The molecular weight excluding hydrogens is 428 g/mol. The molecular formula is C23H22N4O2S2. The minimum absolute atomic E-state index is 0.0289. The van der Waals surface area contributed by atoms with E-state index in [0.717, 1.165) is 34.1 Å². The zero-order valence-electron chi connectivity index (χ0n) is 17.0. The summed E-state index contributed by atoms with van der Waals surface area (Å²) in [6, 6.07) is 21.8. The molecule has 4 rings (SSSR count). The lowest BCUT2D eigenvalue weighted by atomic mass is 10.1. The van der Waals surface area contributed by atoms with Crippen LogP contribution in [0, 0.1) is 0 Å². The second-order valence-electron chi connectivity index (χ2n) is 6.69. The summed E-state index contributed by atoms with van der Waals surface area (Å²) in [6.07, 6.45) is 0.767. The Morgan fingerprint density at radius 3 is 2.58 bits per heavy atom. The summed E-state index contributed by atoms with van der Waals surface area (Å²) in [6.45, 7) is 0.581. The monoisotopic (exact) mass is 450 g/mol. The maximum atomic E-state index is 12.4. The van der Waals surface area contributed by atoms with E-state index in [1.807, 2.05) is 76.7 Å². The number of thiophene rings is 1. The summed E-state index contributed by atoms with van der Waals surface area (Å²) in [5.41, 5.74) is 2.12. The highest BCUT2D eigenvalue weighted by Gasteiger charge is 2.17. The summed E-state index contributed by atoms with van der Waals surface area (Å²) < 4.78 is 7.17. The fourth-order valence-electron chi connectivity index (χ4n) is 3.06. The van der Waals surface area contributed by atoms with Crippen molar-refractivity contribution < 1.29 is 9.53 Å². The first-order valence-electron chi connectivity index (χ1n) is 9.82. The van der Waals surface area contributed by atoms with Crippen molar-refractivity contribution in [2.24, 2.45) is 0 Å². The molecule has 1 amide bonds. The average Bonchev–Trinajstić information content (AvgIpc) is 3.48. The second kappa shape index (κ2) is 10.3. The highest BCUT2D eigenvalue weighted by molar-refractivity contribution is 7.99. The van der Waals surface area contributed by atoms with Crippen molar-refractivity contribution in [3.05, 3.63) is 77.7 Å². The van der Waals surface area contributed by atoms with E-state index in [2.05, 4.69) is 15.5 Å². The number of ether oxygens (including phenoxy) is 1. The van der Waals surface area contributed by atoms with Gasteiger partial charge >= 0.3 is 0 Å². The van der Waals surface area contributed by atoms with Crippen LogP contribution in [0.15, 0.2) is 77.3 Å². The molecule has 0 aliphatic heterocycles. The second-order valence-corrected chi connectivity index (χ2v) is 8.58. The first-order valence-corrected chi connectivity index (χ1v) is 11.7. The largest absolute Gasteiger partial charge is 0.497 e. The number of thioether (sulfide) groups is 1. The lowest BCUT2D eigenvalue weighted by molar-refractivity contribution is -0.118. The molecule has 0 radical (unpaired) electrons. The topological polar surface area (TPSA) is 69.0 Å². The van der Waals surface area contributed by atoms with E-state index >= 15 is 0 Å². The van der Waals surface area contributed by atoms with E-state index in [4.69, 9.17) is 4.74 Å². The van der Waals surface area contributed by atoms with Crippen LogP contribution in [-0.2, 0) is 11.2 Å². The van der Waals surface area contributed by atoms with Crippen molar-refractivity contribution in [1.29, 1.82) is 0 Å². The summed E-state index contributed by atoms with van der Waals surface area (Å²) in [7, 11) is 1.65. The van der Waals surface area contributed by atoms with E-state index in [-0.39, 0.29) is 11.7 Å².